The lowest BCUT2D eigenvalue weighted by atomic mass is 10.1. The van der Waals surface area contributed by atoms with Crippen LogP contribution < -0.4 is 5.32 Å². The molecule has 0 aliphatic carbocycles. The molecule has 2 heterocycles. The number of benzene rings is 2. The van der Waals surface area contributed by atoms with Crippen LogP contribution in [-0.4, -0.2) is 68.3 Å². The summed E-state index contributed by atoms with van der Waals surface area (Å²) in [6, 6.07) is 16.9. The van der Waals surface area contributed by atoms with Crippen LogP contribution in [0, 0.1) is 0 Å². The molecule has 1 aliphatic heterocycles. The second-order valence-electron chi connectivity index (χ2n) is 8.50. The summed E-state index contributed by atoms with van der Waals surface area (Å²) in [6.07, 6.45) is 0. The third kappa shape index (κ3) is 6.22. The highest BCUT2D eigenvalue weighted by Gasteiger charge is 2.32. The molecule has 0 saturated carbocycles. The molecular formula is C26H28ClN3O5S2. The summed E-state index contributed by atoms with van der Waals surface area (Å²) < 4.78 is 32.6. The van der Waals surface area contributed by atoms with Gasteiger partial charge in [-0.1, -0.05) is 41.9 Å². The van der Waals surface area contributed by atoms with Crippen molar-refractivity contribution in [2.24, 2.45) is 0 Å². The van der Waals surface area contributed by atoms with E-state index in [0.29, 0.717) is 28.7 Å². The monoisotopic (exact) mass is 561 g/mol. The highest BCUT2D eigenvalue weighted by atomic mass is 35.5. The second-order valence-corrected chi connectivity index (χ2v) is 11.9. The first-order valence-electron chi connectivity index (χ1n) is 11.9. The van der Waals surface area contributed by atoms with E-state index in [9.17, 15) is 18.0 Å². The van der Waals surface area contributed by atoms with Crippen molar-refractivity contribution in [3.63, 3.8) is 0 Å². The molecule has 0 spiro atoms. The zero-order valence-corrected chi connectivity index (χ0v) is 22.9. The Morgan fingerprint density at radius 1 is 1.05 bits per heavy atom. The smallest absolute Gasteiger partial charge is 0.341 e. The van der Waals surface area contributed by atoms with Crippen molar-refractivity contribution in [3.8, 4) is 10.4 Å². The van der Waals surface area contributed by atoms with E-state index in [0.717, 1.165) is 10.4 Å². The summed E-state index contributed by atoms with van der Waals surface area (Å²) in [5, 5.41) is 3.80. The van der Waals surface area contributed by atoms with Crippen molar-refractivity contribution in [3.05, 3.63) is 71.2 Å². The molecule has 2 aromatic carbocycles. The lowest BCUT2D eigenvalue weighted by Gasteiger charge is -2.36. The first kappa shape index (κ1) is 27.3. The third-order valence-corrected chi connectivity index (χ3v) is 9.44. The van der Waals surface area contributed by atoms with E-state index in [2.05, 4.69) is 5.32 Å². The lowest BCUT2D eigenvalue weighted by molar-refractivity contribution is -0.121. The number of hydrogen-bond donors (Lipinski definition) is 1. The van der Waals surface area contributed by atoms with Gasteiger partial charge in [0.25, 0.3) is 0 Å². The molecule has 1 aliphatic rings. The highest BCUT2D eigenvalue weighted by Crippen LogP contribution is 2.36. The number of rotatable bonds is 8. The number of halogens is 1. The molecule has 1 aromatic heterocycles. The van der Waals surface area contributed by atoms with E-state index in [1.807, 2.05) is 35.2 Å². The van der Waals surface area contributed by atoms with Crippen LogP contribution >= 0.6 is 22.9 Å². The van der Waals surface area contributed by atoms with Gasteiger partial charge in [-0.05, 0) is 49.7 Å². The Morgan fingerprint density at radius 2 is 1.70 bits per heavy atom. The maximum absolute atomic E-state index is 13.2. The topological polar surface area (TPSA) is 96.0 Å². The van der Waals surface area contributed by atoms with Crippen LogP contribution in [0.15, 0.2) is 65.6 Å². The minimum absolute atomic E-state index is 0.189. The molecule has 37 heavy (non-hydrogen) atoms. The van der Waals surface area contributed by atoms with E-state index < -0.39 is 22.0 Å². The number of ether oxygens (including phenoxy) is 1. The van der Waals surface area contributed by atoms with Gasteiger partial charge in [0.1, 0.15) is 5.00 Å². The largest absolute Gasteiger partial charge is 0.462 e. The van der Waals surface area contributed by atoms with Gasteiger partial charge >= 0.3 is 5.97 Å². The predicted octanol–water partition coefficient (Wildman–Crippen LogP) is 4.58. The normalized spacial score (nSPS) is 15.8. The van der Waals surface area contributed by atoms with Gasteiger partial charge in [0.05, 0.1) is 23.1 Å². The Bertz CT molecular complexity index is 1350. The van der Waals surface area contributed by atoms with Gasteiger partial charge in [0.2, 0.25) is 15.9 Å². The molecule has 0 radical (unpaired) electrons. The molecular weight excluding hydrogens is 534 g/mol. The van der Waals surface area contributed by atoms with Gasteiger partial charge in [-0.15, -0.1) is 11.3 Å². The van der Waals surface area contributed by atoms with Crippen molar-refractivity contribution in [1.82, 2.24) is 9.21 Å². The average Bonchev–Trinajstić information content (AvgIpc) is 3.33. The van der Waals surface area contributed by atoms with Crippen molar-refractivity contribution in [2.75, 3.05) is 38.1 Å². The molecule has 11 heteroatoms. The molecule has 3 aromatic rings. The highest BCUT2D eigenvalue weighted by molar-refractivity contribution is 7.89. The summed E-state index contributed by atoms with van der Waals surface area (Å²) in [7, 11) is -3.64. The lowest BCUT2D eigenvalue weighted by Crippen LogP contribution is -2.53. The number of piperazine rings is 1. The molecule has 1 amide bonds. The number of hydrogen-bond acceptors (Lipinski definition) is 7. The van der Waals surface area contributed by atoms with E-state index in [4.69, 9.17) is 16.3 Å². The fourth-order valence-corrected chi connectivity index (χ4v) is 6.66. The first-order chi connectivity index (χ1) is 17.7. The fraction of sp³-hybridized carbons (Fsp3) is 0.308. The van der Waals surface area contributed by atoms with Gasteiger partial charge in [-0.2, -0.15) is 4.31 Å². The summed E-state index contributed by atoms with van der Waals surface area (Å²) >= 11 is 7.20. The summed E-state index contributed by atoms with van der Waals surface area (Å²) in [5.41, 5.74) is 1.25. The van der Waals surface area contributed by atoms with Crippen molar-refractivity contribution < 1.29 is 22.7 Å². The molecule has 0 bridgehead atoms. The third-order valence-electron chi connectivity index (χ3n) is 6.17. The van der Waals surface area contributed by atoms with Crippen molar-refractivity contribution in [2.45, 2.75) is 24.8 Å². The predicted molar refractivity (Wildman–Crippen MR) is 146 cm³/mol. The van der Waals surface area contributed by atoms with E-state index in [1.54, 1.807) is 32.0 Å². The van der Waals surface area contributed by atoms with E-state index >= 15 is 0 Å². The number of carbonyl (C=O) groups is 2. The van der Waals surface area contributed by atoms with Gasteiger partial charge < -0.3 is 10.1 Å². The Kier molecular flexibility index (Phi) is 8.66. The van der Waals surface area contributed by atoms with Gasteiger partial charge in [-0.25, -0.2) is 13.2 Å². The molecule has 1 unspecified atom stereocenters. The molecule has 8 nitrogen and oxygen atoms in total. The Morgan fingerprint density at radius 3 is 2.32 bits per heavy atom. The zero-order chi connectivity index (χ0) is 26.6. The number of sulfonamides is 1. The Labute approximate surface area is 225 Å². The van der Waals surface area contributed by atoms with Crippen molar-refractivity contribution >= 4 is 49.8 Å². The van der Waals surface area contributed by atoms with Crippen LogP contribution in [0.25, 0.3) is 10.4 Å². The number of anilines is 1. The van der Waals surface area contributed by atoms with Crippen LogP contribution in [0.1, 0.15) is 24.2 Å². The average molecular weight is 562 g/mol. The Hall–Kier alpha value is -2.76. The van der Waals surface area contributed by atoms with Gasteiger partial charge in [0, 0.05) is 36.1 Å². The van der Waals surface area contributed by atoms with Crippen LogP contribution in [0.3, 0.4) is 0 Å². The second kappa shape index (κ2) is 11.7. The van der Waals surface area contributed by atoms with Crippen LogP contribution in [0.4, 0.5) is 5.00 Å². The number of carbonyl (C=O) groups excluding carboxylic acids is 2. The minimum atomic E-state index is -3.64. The number of nitrogens with one attached hydrogen (secondary N) is 1. The summed E-state index contributed by atoms with van der Waals surface area (Å²) in [6.45, 7) is 5.03. The molecule has 1 saturated heterocycles. The van der Waals surface area contributed by atoms with Gasteiger partial charge in [0.15, 0.2) is 0 Å². The first-order valence-corrected chi connectivity index (χ1v) is 14.5. The number of thiophene rings is 1. The molecule has 1 N–H and O–H groups in total. The maximum Gasteiger partial charge on any atom is 0.341 e. The van der Waals surface area contributed by atoms with Crippen LogP contribution in [-0.2, 0) is 19.6 Å². The fourth-order valence-electron chi connectivity index (χ4n) is 4.06. The number of esters is 1. The molecule has 4 rings (SSSR count). The zero-order valence-electron chi connectivity index (χ0n) is 20.5. The number of amides is 1. The summed E-state index contributed by atoms with van der Waals surface area (Å²) in [5.74, 6) is -0.772. The van der Waals surface area contributed by atoms with E-state index in [-0.39, 0.29) is 30.5 Å². The van der Waals surface area contributed by atoms with Gasteiger partial charge in [-0.3, -0.25) is 9.69 Å². The molecule has 1 fully saturated rings. The maximum atomic E-state index is 13.2. The molecule has 1 atom stereocenters. The van der Waals surface area contributed by atoms with Crippen LogP contribution in [0.2, 0.25) is 5.02 Å². The SMILES string of the molecule is CCOC(=O)c1cc(-c2ccccc2)sc1NC(=O)C(C)N1CCN(S(=O)(=O)c2ccc(Cl)cc2)CC1. The number of nitrogens with zero attached hydrogens (tertiary/aromatic N) is 2. The van der Waals surface area contributed by atoms with E-state index in [1.165, 1.54) is 27.8 Å². The molecule has 196 valence electrons. The summed E-state index contributed by atoms with van der Waals surface area (Å²) in [4.78, 5) is 28.7. The van der Waals surface area contributed by atoms with Crippen LogP contribution in [0.5, 0.6) is 0 Å². The van der Waals surface area contributed by atoms with Crippen molar-refractivity contribution in [1.29, 1.82) is 0 Å². The standard InChI is InChI=1S/C26H28ClN3O5S2/c1-3-35-26(32)22-17-23(19-7-5-4-6-8-19)36-25(22)28-24(31)18(2)29-13-15-30(16-14-29)37(33,34)21-11-9-20(27)10-12-21/h4-12,17-18H,3,13-16H2,1-2H3,(H,28,31). The Balaban J connectivity index is 1.44. The quantitative estimate of drug-likeness (QED) is 0.404. The minimum Gasteiger partial charge on any atom is -0.462 e.